The van der Waals surface area contributed by atoms with Crippen molar-refractivity contribution in [3.63, 3.8) is 0 Å². The molecule has 0 radical (unpaired) electrons. The summed E-state index contributed by atoms with van der Waals surface area (Å²) in [6, 6.07) is -1.14. The molecule has 15 atom stereocenters. The number of ketones is 3. The first-order valence-corrected chi connectivity index (χ1v) is 26.1. The van der Waals surface area contributed by atoms with Crippen molar-refractivity contribution < 1.29 is 67.7 Å². The normalized spacial score (nSPS) is 36.1. The quantitative estimate of drug-likeness (QED) is 0.0837. The van der Waals surface area contributed by atoms with E-state index in [9.17, 15) is 39.3 Å². The molecule has 72 heavy (non-hydrogen) atoms. The Morgan fingerprint density at radius 2 is 1.54 bits per heavy atom. The highest BCUT2D eigenvalue weighted by molar-refractivity contribution is 6.39. The molecule has 0 aromatic heterocycles. The number of aliphatic hydroxyl groups is 3. The Hall–Kier alpha value is -3.93. The molecule has 2 saturated heterocycles. The van der Waals surface area contributed by atoms with Crippen LogP contribution in [0.15, 0.2) is 72.9 Å². The molecule has 3 fully saturated rings. The molecule has 15 nitrogen and oxygen atoms in total. The summed E-state index contributed by atoms with van der Waals surface area (Å²) in [6.07, 6.45) is 14.6. The smallest absolute Gasteiger partial charge is 0.329 e. The molecule has 0 aromatic carbocycles. The van der Waals surface area contributed by atoms with Crippen molar-refractivity contribution in [1.82, 2.24) is 4.90 Å². The summed E-state index contributed by atoms with van der Waals surface area (Å²) in [6.45, 7) is 20.9. The molecule has 1 amide bonds. The minimum absolute atomic E-state index is 0.0193. The van der Waals surface area contributed by atoms with Gasteiger partial charge < -0.3 is 48.6 Å². The maximum Gasteiger partial charge on any atom is 0.329 e. The van der Waals surface area contributed by atoms with Gasteiger partial charge in [-0.3, -0.25) is 19.2 Å². The Balaban J connectivity index is 0.00000181. The standard InChI is InChI=1S/C51H79NO13.C6H10O/c1-30-16-12-11-13-17-31(2)42(61-8)28-38-21-19-36(7)51(60,65-38)48(57)49(58)52-23-15-14-18-39(52)50(59)64-43(33(4)26-37-20-22-40(53)44(27-37)62-9)29-41(54)32(3)25-35(6)46(56)47(63-10)45(55)34(5)24-30;1-3-5-7-6-4-2/h11-13,16-17,25,30,32-34,36-40,42-44,46-47,53,56,60H,14-15,18-24,26-29H2,1-10H3;3-4H,1-2,5-6H2/b13-11?,16-12+,31-17?,35-25+;/t30-,32-,33-,34-,36-,37+,38+,39+,40-,42+,43+,44-,46-,47+,51-;/m1./s1. The first-order chi connectivity index (χ1) is 34.2. The summed E-state index contributed by atoms with van der Waals surface area (Å²) in [4.78, 5) is 71.8. The summed E-state index contributed by atoms with van der Waals surface area (Å²) in [5.41, 5.74) is 1.27. The van der Waals surface area contributed by atoms with Crippen LogP contribution in [-0.4, -0.2) is 145 Å². The SMILES string of the molecule is C=CCOCC=C.CO[C@H]1C[C@@H]2CC[C@@H](C)[C@@](O)(O2)C(=O)C(=O)N2CCCC[C@H]2C(=O)O[C@H]([C@H](C)C[C@@H]2CC[C@@H](O)[C@H](OC)C2)CC(=O)[C@H](C)/C=C(\C)[C@@H](O)[C@@H](OC)C(=O)[C@H](C)C[C@H](C)/C=C/C=CC=C1C. The van der Waals surface area contributed by atoms with Gasteiger partial charge in [0, 0.05) is 58.5 Å². The molecule has 1 saturated carbocycles. The molecule has 3 heterocycles. The van der Waals surface area contributed by atoms with Gasteiger partial charge >= 0.3 is 5.97 Å². The molecule has 1 aliphatic carbocycles. The van der Waals surface area contributed by atoms with Gasteiger partial charge in [0.05, 0.1) is 37.6 Å². The van der Waals surface area contributed by atoms with Crippen molar-refractivity contribution in [3.05, 3.63) is 72.9 Å². The number of cyclic esters (lactones) is 1. The largest absolute Gasteiger partial charge is 0.460 e. The number of Topliss-reactive ketones (excluding diaryl/α,β-unsaturated/α-hetero) is 3. The number of nitrogens with zero attached hydrogens (tertiary/aromatic N) is 1. The highest BCUT2D eigenvalue weighted by Crippen LogP contribution is 2.38. The Labute approximate surface area is 430 Å². The predicted molar refractivity (Wildman–Crippen MR) is 276 cm³/mol. The number of rotatable bonds is 10. The predicted octanol–water partition coefficient (Wildman–Crippen LogP) is 7.56. The van der Waals surface area contributed by atoms with E-state index in [1.54, 1.807) is 53.2 Å². The summed E-state index contributed by atoms with van der Waals surface area (Å²) < 4.78 is 34.3. The van der Waals surface area contributed by atoms with E-state index < -0.39 is 83.9 Å². The highest BCUT2D eigenvalue weighted by atomic mass is 16.6. The second kappa shape index (κ2) is 31.1. The number of carbonyl (C=O) groups excluding carboxylic acids is 5. The average Bonchev–Trinajstić information content (AvgIpc) is 3.36. The van der Waals surface area contributed by atoms with Crippen LogP contribution in [0.4, 0.5) is 0 Å². The Morgan fingerprint density at radius 1 is 0.847 bits per heavy atom. The third-order valence-corrected chi connectivity index (χ3v) is 15.0. The van der Waals surface area contributed by atoms with Crippen LogP contribution in [0.25, 0.3) is 0 Å². The molecule has 3 aliphatic heterocycles. The van der Waals surface area contributed by atoms with Gasteiger partial charge in [0.15, 0.2) is 5.78 Å². The number of aliphatic hydroxyl groups excluding tert-OH is 2. The van der Waals surface area contributed by atoms with Crippen LogP contribution < -0.4 is 0 Å². The zero-order chi connectivity index (χ0) is 53.7. The van der Waals surface area contributed by atoms with E-state index in [4.69, 9.17) is 28.4 Å². The molecule has 4 aliphatic rings. The topological polar surface area (TPSA) is 205 Å². The fraction of sp³-hybridized carbons (Fsp3) is 0.702. The number of methoxy groups -OCH3 is 3. The number of hydrogen-bond donors (Lipinski definition) is 3. The van der Waals surface area contributed by atoms with Crippen molar-refractivity contribution in [3.8, 4) is 0 Å². The van der Waals surface area contributed by atoms with E-state index in [0.717, 1.165) is 12.0 Å². The first kappa shape index (κ1) is 62.4. The van der Waals surface area contributed by atoms with Crippen molar-refractivity contribution in [2.45, 2.75) is 180 Å². The number of ether oxygens (including phenoxy) is 6. The van der Waals surface area contributed by atoms with Crippen LogP contribution in [0.1, 0.15) is 126 Å². The van der Waals surface area contributed by atoms with E-state index >= 15 is 0 Å². The number of amides is 1. The van der Waals surface area contributed by atoms with Gasteiger partial charge in [-0.2, -0.15) is 0 Å². The fourth-order valence-electron chi connectivity index (χ4n) is 10.4. The lowest BCUT2D eigenvalue weighted by Gasteiger charge is -2.42. The molecule has 15 heteroatoms. The number of fused-ring (bicyclic) bond motifs is 3. The summed E-state index contributed by atoms with van der Waals surface area (Å²) >= 11 is 0. The maximum absolute atomic E-state index is 14.4. The van der Waals surface area contributed by atoms with E-state index in [-0.39, 0.29) is 54.8 Å². The minimum atomic E-state index is -2.43. The Kier molecular flexibility index (Phi) is 26.9. The van der Waals surface area contributed by atoms with Gasteiger partial charge in [0.2, 0.25) is 5.79 Å². The van der Waals surface area contributed by atoms with Crippen molar-refractivity contribution in [2.24, 2.45) is 35.5 Å². The van der Waals surface area contributed by atoms with E-state index in [1.807, 2.05) is 58.1 Å². The third-order valence-electron chi connectivity index (χ3n) is 15.0. The summed E-state index contributed by atoms with van der Waals surface area (Å²) in [7, 11) is 4.52. The maximum atomic E-state index is 14.4. The van der Waals surface area contributed by atoms with Crippen LogP contribution in [0.3, 0.4) is 0 Å². The molecule has 0 unspecified atom stereocenters. The van der Waals surface area contributed by atoms with Crippen molar-refractivity contribution in [2.75, 3.05) is 41.1 Å². The van der Waals surface area contributed by atoms with Crippen molar-refractivity contribution in [1.29, 1.82) is 0 Å². The highest BCUT2D eigenvalue weighted by Gasteiger charge is 2.53. The lowest BCUT2D eigenvalue weighted by Crippen LogP contribution is -2.61. The molecule has 406 valence electrons. The Bertz CT molecular complexity index is 1900. The lowest BCUT2D eigenvalue weighted by atomic mass is 9.78. The zero-order valence-corrected chi connectivity index (χ0v) is 45.0. The van der Waals surface area contributed by atoms with Crippen LogP contribution in [0, 0.1) is 35.5 Å². The van der Waals surface area contributed by atoms with E-state index in [2.05, 4.69) is 13.2 Å². The van der Waals surface area contributed by atoms with Crippen molar-refractivity contribution >= 4 is 29.2 Å². The molecule has 2 bridgehead atoms. The number of hydrogen-bond acceptors (Lipinski definition) is 14. The van der Waals surface area contributed by atoms with Crippen LogP contribution >= 0.6 is 0 Å². The summed E-state index contributed by atoms with van der Waals surface area (Å²) in [5.74, 6) is -7.96. The first-order valence-electron chi connectivity index (χ1n) is 26.1. The third kappa shape index (κ3) is 18.2. The van der Waals surface area contributed by atoms with E-state index in [0.29, 0.717) is 76.6 Å². The second-order valence-corrected chi connectivity index (χ2v) is 20.7. The van der Waals surface area contributed by atoms with Crippen LogP contribution in [0.2, 0.25) is 0 Å². The van der Waals surface area contributed by atoms with Gasteiger partial charge in [0.1, 0.15) is 30.1 Å². The van der Waals surface area contributed by atoms with Crippen LogP contribution in [0.5, 0.6) is 0 Å². The minimum Gasteiger partial charge on any atom is -0.460 e. The van der Waals surface area contributed by atoms with Gasteiger partial charge in [-0.15, -0.1) is 13.2 Å². The zero-order valence-electron chi connectivity index (χ0n) is 45.0. The number of carbonyl (C=O) groups is 5. The molecule has 3 N–H and O–H groups in total. The van der Waals surface area contributed by atoms with Gasteiger partial charge in [-0.05, 0) is 107 Å². The average molecular weight is 1010 g/mol. The van der Waals surface area contributed by atoms with E-state index in [1.165, 1.54) is 12.0 Å². The van der Waals surface area contributed by atoms with Gasteiger partial charge in [0.25, 0.3) is 11.7 Å². The Morgan fingerprint density at radius 3 is 2.18 bits per heavy atom. The number of esters is 1. The van der Waals surface area contributed by atoms with Gasteiger partial charge in [-0.1, -0.05) is 83.2 Å². The monoisotopic (exact) mass is 1010 g/mol. The summed E-state index contributed by atoms with van der Waals surface area (Å²) in [5, 5.41) is 33.8. The molecule has 4 rings (SSSR count). The van der Waals surface area contributed by atoms with Gasteiger partial charge in [-0.25, -0.2) is 4.79 Å². The number of piperidine rings is 1. The molecular formula is C57H89NO14. The second-order valence-electron chi connectivity index (χ2n) is 20.7. The number of allylic oxidation sites excluding steroid dienone is 6. The fourth-order valence-corrected chi connectivity index (χ4v) is 10.4. The molecular weight excluding hydrogens is 923 g/mol. The molecule has 0 aromatic rings. The molecule has 0 spiro atoms. The van der Waals surface area contributed by atoms with Crippen LogP contribution in [-0.2, 0) is 52.4 Å². The lowest BCUT2D eigenvalue weighted by molar-refractivity contribution is -0.265.